The maximum absolute atomic E-state index is 12.6. The number of ketones is 1. The number of aryl methyl sites for hydroxylation is 1. The number of amides is 2. The average Bonchev–Trinajstić information content (AvgIpc) is 2.59. The molecular formula is C21H26N2O5. The normalized spacial score (nSPS) is 11.8. The zero-order valence-corrected chi connectivity index (χ0v) is 16.5. The highest BCUT2D eigenvalue weighted by Crippen LogP contribution is 2.21. The molecule has 0 aliphatic carbocycles. The van der Waals surface area contributed by atoms with Crippen LogP contribution >= 0.6 is 0 Å². The number of fused-ring (bicyclic) bond motifs is 1. The van der Waals surface area contributed by atoms with Crippen molar-refractivity contribution in [2.75, 3.05) is 5.32 Å². The van der Waals surface area contributed by atoms with E-state index in [2.05, 4.69) is 10.6 Å². The van der Waals surface area contributed by atoms with Gasteiger partial charge in [0.2, 0.25) is 11.8 Å². The summed E-state index contributed by atoms with van der Waals surface area (Å²) < 4.78 is 5.20. The Labute approximate surface area is 163 Å². The molecule has 2 amide bonds. The summed E-state index contributed by atoms with van der Waals surface area (Å²) in [5, 5.41) is 6.22. The fourth-order valence-corrected chi connectivity index (χ4v) is 3.05. The lowest BCUT2D eigenvalue weighted by Crippen LogP contribution is -2.42. The van der Waals surface area contributed by atoms with Crippen LogP contribution in [0.5, 0.6) is 0 Å². The Morgan fingerprint density at radius 3 is 2.50 bits per heavy atom. The molecule has 1 heterocycles. The van der Waals surface area contributed by atoms with E-state index in [4.69, 9.17) is 4.42 Å². The second kappa shape index (κ2) is 9.82. The molecule has 0 saturated carbocycles. The van der Waals surface area contributed by atoms with Crippen molar-refractivity contribution in [2.24, 2.45) is 0 Å². The first-order valence-corrected chi connectivity index (χ1v) is 9.38. The molecule has 0 aliphatic heterocycles. The van der Waals surface area contributed by atoms with Crippen LogP contribution < -0.4 is 16.3 Å². The number of carbonyl (C=O) groups is 3. The molecule has 2 N–H and O–H groups in total. The molecule has 1 aromatic carbocycles. The van der Waals surface area contributed by atoms with E-state index < -0.39 is 11.7 Å². The second-order valence-electron chi connectivity index (χ2n) is 7.00. The van der Waals surface area contributed by atoms with Gasteiger partial charge in [-0.25, -0.2) is 4.79 Å². The van der Waals surface area contributed by atoms with E-state index in [0.717, 1.165) is 30.2 Å². The molecule has 0 fully saturated rings. The van der Waals surface area contributed by atoms with Gasteiger partial charge in [-0.3, -0.25) is 9.59 Å². The van der Waals surface area contributed by atoms with Crippen LogP contribution in [0.25, 0.3) is 11.0 Å². The topological polar surface area (TPSA) is 105 Å². The van der Waals surface area contributed by atoms with Crippen molar-refractivity contribution in [3.05, 3.63) is 40.2 Å². The van der Waals surface area contributed by atoms with Gasteiger partial charge < -0.3 is 19.8 Å². The number of rotatable bonds is 9. The summed E-state index contributed by atoms with van der Waals surface area (Å²) in [7, 11) is 0. The number of carbonyl (C=O) groups excluding carboxylic acids is 3. The van der Waals surface area contributed by atoms with E-state index in [1.807, 2.05) is 6.92 Å². The first kappa shape index (κ1) is 21.3. The van der Waals surface area contributed by atoms with Gasteiger partial charge in [0, 0.05) is 36.6 Å². The predicted octanol–water partition coefficient (Wildman–Crippen LogP) is 3.08. The molecule has 0 aliphatic rings. The molecule has 1 atom stereocenters. The summed E-state index contributed by atoms with van der Waals surface area (Å²) >= 11 is 0. The van der Waals surface area contributed by atoms with Gasteiger partial charge in [-0.1, -0.05) is 12.8 Å². The minimum absolute atomic E-state index is 0.148. The number of unbranched alkanes of at least 4 members (excludes halogenated alkanes) is 2. The van der Waals surface area contributed by atoms with Crippen LogP contribution in [0, 0.1) is 6.92 Å². The van der Waals surface area contributed by atoms with Gasteiger partial charge in [0.25, 0.3) is 0 Å². The SMILES string of the molecule is CC(=O)CCCCC[C@H](NC(C)=O)C(=O)Nc1ccc2c(C)cc(=O)oc2c1. The van der Waals surface area contributed by atoms with E-state index in [1.54, 1.807) is 25.1 Å². The van der Waals surface area contributed by atoms with Crippen molar-refractivity contribution in [1.29, 1.82) is 0 Å². The lowest BCUT2D eigenvalue weighted by atomic mass is 10.0. The molecule has 0 saturated heterocycles. The van der Waals surface area contributed by atoms with E-state index in [1.165, 1.54) is 13.0 Å². The highest BCUT2D eigenvalue weighted by Gasteiger charge is 2.19. The molecule has 7 heteroatoms. The molecule has 0 spiro atoms. The lowest BCUT2D eigenvalue weighted by Gasteiger charge is -2.18. The van der Waals surface area contributed by atoms with Gasteiger partial charge in [0.15, 0.2) is 0 Å². The Kier molecular flexibility index (Phi) is 7.49. The van der Waals surface area contributed by atoms with Crippen LogP contribution in [0.15, 0.2) is 33.5 Å². The van der Waals surface area contributed by atoms with E-state index in [0.29, 0.717) is 24.1 Å². The Morgan fingerprint density at radius 1 is 1.07 bits per heavy atom. The number of nitrogens with one attached hydrogen (secondary N) is 2. The highest BCUT2D eigenvalue weighted by atomic mass is 16.4. The van der Waals surface area contributed by atoms with Crippen LogP contribution in [0.1, 0.15) is 51.5 Å². The number of benzene rings is 1. The fraction of sp³-hybridized carbons (Fsp3) is 0.429. The van der Waals surface area contributed by atoms with Crippen LogP contribution in [-0.2, 0) is 14.4 Å². The number of hydrogen-bond acceptors (Lipinski definition) is 5. The zero-order valence-electron chi connectivity index (χ0n) is 16.5. The average molecular weight is 386 g/mol. The molecule has 0 unspecified atom stereocenters. The van der Waals surface area contributed by atoms with Gasteiger partial charge in [-0.15, -0.1) is 0 Å². The van der Waals surface area contributed by atoms with Gasteiger partial charge in [0.1, 0.15) is 17.4 Å². The fourth-order valence-electron chi connectivity index (χ4n) is 3.05. The van der Waals surface area contributed by atoms with E-state index in [-0.39, 0.29) is 17.6 Å². The van der Waals surface area contributed by atoms with Crippen molar-refractivity contribution in [3.8, 4) is 0 Å². The Balaban J connectivity index is 2.05. The molecule has 150 valence electrons. The maximum Gasteiger partial charge on any atom is 0.336 e. The zero-order chi connectivity index (χ0) is 20.7. The Hall–Kier alpha value is -2.96. The van der Waals surface area contributed by atoms with Crippen LogP contribution in [0.3, 0.4) is 0 Å². The van der Waals surface area contributed by atoms with E-state index >= 15 is 0 Å². The summed E-state index contributed by atoms with van der Waals surface area (Å²) in [6.45, 7) is 4.74. The van der Waals surface area contributed by atoms with Crippen molar-refractivity contribution >= 4 is 34.3 Å². The molecule has 7 nitrogen and oxygen atoms in total. The van der Waals surface area contributed by atoms with Crippen molar-refractivity contribution in [3.63, 3.8) is 0 Å². The molecule has 0 radical (unpaired) electrons. The molecule has 2 rings (SSSR count). The van der Waals surface area contributed by atoms with Crippen molar-refractivity contribution in [2.45, 2.75) is 58.9 Å². The number of hydrogen-bond donors (Lipinski definition) is 2. The molecular weight excluding hydrogens is 360 g/mol. The summed E-state index contributed by atoms with van der Waals surface area (Å²) in [4.78, 5) is 46.6. The minimum atomic E-state index is -0.671. The standard InChI is InChI=1S/C21H26N2O5/c1-13-11-20(26)28-19-12-16(9-10-17(13)19)23-21(27)18(22-15(3)25)8-6-4-5-7-14(2)24/h9-12,18H,4-8H2,1-3H3,(H,22,25)(H,23,27)/t18-/m0/s1. The predicted molar refractivity (Wildman–Crippen MR) is 107 cm³/mol. The van der Waals surface area contributed by atoms with Gasteiger partial charge in [0.05, 0.1) is 0 Å². The quantitative estimate of drug-likeness (QED) is 0.509. The highest BCUT2D eigenvalue weighted by molar-refractivity contribution is 5.98. The molecule has 2 aromatic rings. The summed E-state index contributed by atoms with van der Waals surface area (Å²) in [5.41, 5.74) is 1.22. The number of anilines is 1. The van der Waals surface area contributed by atoms with Crippen LogP contribution in [0.2, 0.25) is 0 Å². The third kappa shape index (κ3) is 6.33. The number of Topliss-reactive ketones (excluding diaryl/α,β-unsaturated/α-hetero) is 1. The minimum Gasteiger partial charge on any atom is -0.423 e. The Morgan fingerprint density at radius 2 is 1.82 bits per heavy atom. The monoisotopic (exact) mass is 386 g/mol. The van der Waals surface area contributed by atoms with Crippen molar-refractivity contribution < 1.29 is 18.8 Å². The Bertz CT molecular complexity index is 932. The first-order chi connectivity index (χ1) is 13.3. The van der Waals surface area contributed by atoms with Crippen molar-refractivity contribution in [1.82, 2.24) is 5.32 Å². The maximum atomic E-state index is 12.6. The molecule has 1 aromatic heterocycles. The third-order valence-corrected chi connectivity index (χ3v) is 4.43. The van der Waals surface area contributed by atoms with Crippen LogP contribution in [0.4, 0.5) is 5.69 Å². The lowest BCUT2D eigenvalue weighted by molar-refractivity contribution is -0.125. The first-order valence-electron chi connectivity index (χ1n) is 9.38. The molecule has 28 heavy (non-hydrogen) atoms. The van der Waals surface area contributed by atoms with Crippen LogP contribution in [-0.4, -0.2) is 23.6 Å². The summed E-state index contributed by atoms with van der Waals surface area (Å²) in [5.74, 6) is -0.477. The van der Waals surface area contributed by atoms with E-state index in [9.17, 15) is 19.2 Å². The smallest absolute Gasteiger partial charge is 0.336 e. The molecule has 0 bridgehead atoms. The van der Waals surface area contributed by atoms with Gasteiger partial charge in [-0.05, 0) is 44.4 Å². The second-order valence-corrected chi connectivity index (χ2v) is 7.00. The summed E-state index contributed by atoms with van der Waals surface area (Å²) in [6.07, 6.45) is 3.30. The summed E-state index contributed by atoms with van der Waals surface area (Å²) in [6, 6.07) is 5.84. The third-order valence-electron chi connectivity index (χ3n) is 4.43. The van der Waals surface area contributed by atoms with Gasteiger partial charge >= 0.3 is 5.63 Å². The van der Waals surface area contributed by atoms with Gasteiger partial charge in [-0.2, -0.15) is 0 Å². The largest absolute Gasteiger partial charge is 0.423 e.